The lowest BCUT2D eigenvalue weighted by Gasteiger charge is -2.32. The van der Waals surface area contributed by atoms with Crippen LogP contribution in [0.5, 0.6) is 0 Å². The highest BCUT2D eigenvalue weighted by Gasteiger charge is 2.33. The van der Waals surface area contributed by atoms with Crippen molar-refractivity contribution in [2.75, 3.05) is 6.61 Å². The largest absolute Gasteiger partial charge is 0.394 e. The lowest BCUT2D eigenvalue weighted by molar-refractivity contribution is -0.130. The van der Waals surface area contributed by atoms with Gasteiger partial charge in [0.2, 0.25) is 0 Å². The van der Waals surface area contributed by atoms with E-state index in [0.717, 1.165) is 32.1 Å². The third-order valence-electron chi connectivity index (χ3n) is 3.27. The van der Waals surface area contributed by atoms with Gasteiger partial charge in [-0.05, 0) is 39.0 Å². The molecule has 2 heterocycles. The van der Waals surface area contributed by atoms with E-state index >= 15 is 0 Å². The summed E-state index contributed by atoms with van der Waals surface area (Å²) in [4.78, 5) is 0. The van der Waals surface area contributed by atoms with Crippen molar-refractivity contribution < 1.29 is 14.6 Å². The molecular formula is C11H20O3. The zero-order chi connectivity index (χ0) is 9.97. The van der Waals surface area contributed by atoms with E-state index in [0.29, 0.717) is 6.10 Å². The van der Waals surface area contributed by atoms with Crippen LogP contribution in [0.3, 0.4) is 0 Å². The molecular weight excluding hydrogens is 180 g/mol. The summed E-state index contributed by atoms with van der Waals surface area (Å²) < 4.78 is 11.6. The highest BCUT2D eigenvalue weighted by molar-refractivity contribution is 4.82. The average molecular weight is 200 g/mol. The van der Waals surface area contributed by atoms with Gasteiger partial charge in [-0.3, -0.25) is 0 Å². The Morgan fingerprint density at radius 1 is 1.07 bits per heavy atom. The Morgan fingerprint density at radius 3 is 2.50 bits per heavy atom. The molecule has 0 saturated carbocycles. The third-order valence-corrected chi connectivity index (χ3v) is 3.27. The highest BCUT2D eigenvalue weighted by Crippen LogP contribution is 2.29. The van der Waals surface area contributed by atoms with E-state index in [4.69, 9.17) is 14.6 Å². The zero-order valence-corrected chi connectivity index (χ0v) is 8.82. The van der Waals surface area contributed by atoms with Gasteiger partial charge in [-0.2, -0.15) is 0 Å². The van der Waals surface area contributed by atoms with Gasteiger partial charge in [0.05, 0.1) is 31.0 Å². The number of hydrogen-bond donors (Lipinski definition) is 1. The maximum atomic E-state index is 9.04. The minimum atomic E-state index is 0.0493. The molecule has 2 rings (SSSR count). The molecule has 2 aliphatic rings. The van der Waals surface area contributed by atoms with Crippen LogP contribution >= 0.6 is 0 Å². The highest BCUT2D eigenvalue weighted by atomic mass is 16.6. The molecule has 0 spiro atoms. The first-order valence-corrected chi connectivity index (χ1v) is 5.71. The molecule has 1 N–H and O–H groups in total. The van der Waals surface area contributed by atoms with Gasteiger partial charge in [0.25, 0.3) is 0 Å². The molecule has 14 heavy (non-hydrogen) atoms. The van der Waals surface area contributed by atoms with Crippen LogP contribution in [0.25, 0.3) is 0 Å². The second kappa shape index (κ2) is 4.60. The van der Waals surface area contributed by atoms with E-state index in [9.17, 15) is 0 Å². The van der Waals surface area contributed by atoms with Crippen LogP contribution in [0.1, 0.15) is 39.0 Å². The van der Waals surface area contributed by atoms with E-state index in [1.807, 2.05) is 0 Å². The molecule has 2 fully saturated rings. The Hall–Kier alpha value is -0.120. The average Bonchev–Trinajstić information content (AvgIpc) is 2.65. The first-order chi connectivity index (χ1) is 6.79. The van der Waals surface area contributed by atoms with Crippen molar-refractivity contribution in [3.8, 4) is 0 Å². The number of aliphatic hydroxyl groups is 1. The minimum Gasteiger partial charge on any atom is -0.394 e. The van der Waals surface area contributed by atoms with Crippen molar-refractivity contribution in [2.45, 2.75) is 63.4 Å². The van der Waals surface area contributed by atoms with Crippen molar-refractivity contribution >= 4 is 0 Å². The molecule has 0 bridgehead atoms. The topological polar surface area (TPSA) is 38.7 Å². The summed E-state index contributed by atoms with van der Waals surface area (Å²) >= 11 is 0. The first-order valence-electron chi connectivity index (χ1n) is 5.71. The Kier molecular flexibility index (Phi) is 3.42. The van der Waals surface area contributed by atoms with E-state index in [2.05, 4.69) is 6.92 Å². The summed E-state index contributed by atoms with van der Waals surface area (Å²) in [5, 5.41) is 9.04. The van der Waals surface area contributed by atoms with Crippen molar-refractivity contribution in [3.63, 3.8) is 0 Å². The number of hydrogen-bond acceptors (Lipinski definition) is 3. The maximum Gasteiger partial charge on any atom is 0.0841 e. The fourth-order valence-corrected chi connectivity index (χ4v) is 2.44. The fourth-order valence-electron chi connectivity index (χ4n) is 2.44. The van der Waals surface area contributed by atoms with Gasteiger partial charge in [-0.25, -0.2) is 0 Å². The van der Waals surface area contributed by atoms with Gasteiger partial charge in [-0.1, -0.05) is 0 Å². The van der Waals surface area contributed by atoms with E-state index < -0.39 is 0 Å². The Morgan fingerprint density at radius 2 is 1.86 bits per heavy atom. The van der Waals surface area contributed by atoms with Crippen molar-refractivity contribution in [2.24, 2.45) is 0 Å². The maximum absolute atomic E-state index is 9.04. The summed E-state index contributed by atoms with van der Waals surface area (Å²) in [5.41, 5.74) is 0. The summed E-state index contributed by atoms with van der Waals surface area (Å²) in [5.74, 6) is 0. The molecule has 0 aliphatic carbocycles. The monoisotopic (exact) mass is 200 g/mol. The van der Waals surface area contributed by atoms with Crippen LogP contribution < -0.4 is 0 Å². The van der Waals surface area contributed by atoms with Crippen molar-refractivity contribution in [1.29, 1.82) is 0 Å². The number of aliphatic hydroxyl groups excluding tert-OH is 1. The number of ether oxygens (including phenoxy) is 2. The summed E-state index contributed by atoms with van der Waals surface area (Å²) in [7, 11) is 0. The fraction of sp³-hybridized carbons (Fsp3) is 1.00. The smallest absolute Gasteiger partial charge is 0.0841 e. The van der Waals surface area contributed by atoms with Gasteiger partial charge in [0, 0.05) is 0 Å². The lowest BCUT2D eigenvalue weighted by Crippen LogP contribution is -2.38. The lowest BCUT2D eigenvalue weighted by atomic mass is 9.99. The van der Waals surface area contributed by atoms with Crippen LogP contribution in [0.2, 0.25) is 0 Å². The van der Waals surface area contributed by atoms with Crippen LogP contribution in [0.15, 0.2) is 0 Å². The van der Waals surface area contributed by atoms with E-state index in [-0.39, 0.29) is 24.9 Å². The first kappa shape index (κ1) is 10.4. The standard InChI is InChI=1S/C11H20O3/c1-8-5-6-11(13-8)10-4-2-3-9(7-12)14-10/h8-12H,2-7H2,1H3. The van der Waals surface area contributed by atoms with Crippen LogP contribution in [0, 0.1) is 0 Å². The number of rotatable bonds is 2. The minimum absolute atomic E-state index is 0.0493. The molecule has 2 aliphatic heterocycles. The van der Waals surface area contributed by atoms with Gasteiger partial charge in [0.15, 0.2) is 0 Å². The van der Waals surface area contributed by atoms with Crippen LogP contribution in [0.4, 0.5) is 0 Å². The van der Waals surface area contributed by atoms with Gasteiger partial charge in [0.1, 0.15) is 0 Å². The Labute approximate surface area is 85.4 Å². The van der Waals surface area contributed by atoms with Crippen molar-refractivity contribution in [3.05, 3.63) is 0 Å². The molecule has 2 saturated heterocycles. The molecule has 0 aromatic heterocycles. The Balaban J connectivity index is 1.84. The normalized spacial score (nSPS) is 44.1. The Bertz CT molecular complexity index is 183. The van der Waals surface area contributed by atoms with E-state index in [1.54, 1.807) is 0 Å². The molecule has 0 amide bonds. The third kappa shape index (κ3) is 2.27. The molecule has 0 radical (unpaired) electrons. The molecule has 4 atom stereocenters. The predicted molar refractivity (Wildman–Crippen MR) is 53.2 cm³/mol. The molecule has 4 unspecified atom stereocenters. The van der Waals surface area contributed by atoms with Crippen LogP contribution in [-0.4, -0.2) is 36.1 Å². The predicted octanol–water partition coefficient (Wildman–Crippen LogP) is 1.48. The second-order valence-electron chi connectivity index (χ2n) is 4.47. The molecule has 0 aromatic carbocycles. The SMILES string of the molecule is CC1CCC(C2CCCC(CO)O2)O1. The molecule has 3 heteroatoms. The van der Waals surface area contributed by atoms with Gasteiger partial charge in [-0.15, -0.1) is 0 Å². The second-order valence-corrected chi connectivity index (χ2v) is 4.47. The molecule has 0 aromatic rings. The summed E-state index contributed by atoms with van der Waals surface area (Å²) in [6, 6.07) is 0. The van der Waals surface area contributed by atoms with E-state index in [1.165, 1.54) is 0 Å². The quantitative estimate of drug-likeness (QED) is 0.734. The van der Waals surface area contributed by atoms with Crippen LogP contribution in [-0.2, 0) is 9.47 Å². The summed E-state index contributed by atoms with van der Waals surface area (Å²) in [6.45, 7) is 2.27. The summed E-state index contributed by atoms with van der Waals surface area (Å²) in [6.07, 6.45) is 6.45. The van der Waals surface area contributed by atoms with Crippen molar-refractivity contribution in [1.82, 2.24) is 0 Å². The van der Waals surface area contributed by atoms with Gasteiger partial charge >= 0.3 is 0 Å². The van der Waals surface area contributed by atoms with Gasteiger partial charge < -0.3 is 14.6 Å². The molecule has 3 nitrogen and oxygen atoms in total. The molecule has 82 valence electrons. The zero-order valence-electron chi connectivity index (χ0n) is 8.82.